The Morgan fingerprint density at radius 1 is 1.47 bits per heavy atom. The summed E-state index contributed by atoms with van der Waals surface area (Å²) in [6.45, 7) is 0. The fraction of sp³-hybridized carbons (Fsp3) is 0.333. The van der Waals surface area contributed by atoms with Crippen molar-refractivity contribution < 1.29 is 9.18 Å². The summed E-state index contributed by atoms with van der Waals surface area (Å²) in [5, 5.41) is 9.16. The third-order valence-electron chi connectivity index (χ3n) is 3.67. The summed E-state index contributed by atoms with van der Waals surface area (Å²) in [6.07, 6.45) is 5.13. The van der Waals surface area contributed by atoms with Gasteiger partial charge >= 0.3 is 0 Å². The van der Waals surface area contributed by atoms with Crippen molar-refractivity contribution in [3.63, 3.8) is 0 Å². The topological polar surface area (TPSA) is 44.1 Å². The molecular formula is C15H15FN2O. The quantitative estimate of drug-likeness (QED) is 0.782. The van der Waals surface area contributed by atoms with Crippen molar-refractivity contribution in [1.82, 2.24) is 4.90 Å². The van der Waals surface area contributed by atoms with Crippen LogP contribution in [0.1, 0.15) is 24.8 Å². The Labute approximate surface area is 111 Å². The second kappa shape index (κ2) is 5.23. The van der Waals surface area contributed by atoms with E-state index in [9.17, 15) is 9.18 Å². The molecule has 1 aliphatic rings. The minimum atomic E-state index is -0.670. The summed E-state index contributed by atoms with van der Waals surface area (Å²) in [6, 6.07) is 8.45. The molecule has 0 radical (unpaired) electrons. The van der Waals surface area contributed by atoms with Crippen LogP contribution in [0.15, 0.2) is 30.3 Å². The van der Waals surface area contributed by atoms with E-state index >= 15 is 0 Å². The van der Waals surface area contributed by atoms with Gasteiger partial charge in [-0.1, -0.05) is 18.2 Å². The molecule has 0 aliphatic heterocycles. The summed E-state index contributed by atoms with van der Waals surface area (Å²) in [5.41, 5.74) is -0.305. The maximum absolute atomic E-state index is 13.4. The van der Waals surface area contributed by atoms with Crippen molar-refractivity contribution in [2.24, 2.45) is 0 Å². The van der Waals surface area contributed by atoms with Crippen molar-refractivity contribution in [2.75, 3.05) is 7.05 Å². The maximum atomic E-state index is 13.4. The number of carbonyl (C=O) groups is 1. The van der Waals surface area contributed by atoms with Crippen molar-refractivity contribution in [1.29, 1.82) is 5.26 Å². The van der Waals surface area contributed by atoms with Gasteiger partial charge in [-0.2, -0.15) is 5.26 Å². The highest BCUT2D eigenvalue weighted by Gasteiger charge is 2.42. The van der Waals surface area contributed by atoms with Gasteiger partial charge in [0.2, 0.25) is 5.91 Å². The van der Waals surface area contributed by atoms with E-state index in [1.807, 2.05) is 0 Å². The fourth-order valence-electron chi connectivity index (χ4n) is 2.13. The molecule has 0 N–H and O–H groups in total. The monoisotopic (exact) mass is 258 g/mol. The summed E-state index contributed by atoms with van der Waals surface area (Å²) in [7, 11) is 1.62. The van der Waals surface area contributed by atoms with E-state index in [1.54, 1.807) is 25.2 Å². The molecule has 0 atom stereocenters. The molecule has 1 aliphatic carbocycles. The number of hydrogen-bond donors (Lipinski definition) is 0. The molecule has 98 valence electrons. The second-order valence-corrected chi connectivity index (χ2v) is 4.75. The average molecular weight is 258 g/mol. The first-order valence-corrected chi connectivity index (χ1v) is 6.21. The van der Waals surface area contributed by atoms with Gasteiger partial charge in [0.25, 0.3) is 0 Å². The molecule has 0 aromatic heterocycles. The molecule has 1 fully saturated rings. The Balaban J connectivity index is 2.10. The zero-order valence-corrected chi connectivity index (χ0v) is 10.8. The van der Waals surface area contributed by atoms with Gasteiger partial charge in [-0.25, -0.2) is 4.39 Å². The smallest absolute Gasteiger partial charge is 0.247 e. The molecule has 0 spiro atoms. The Morgan fingerprint density at radius 3 is 2.68 bits per heavy atom. The third kappa shape index (κ3) is 2.50. The molecule has 19 heavy (non-hydrogen) atoms. The number of halogens is 1. The van der Waals surface area contributed by atoms with Crippen LogP contribution >= 0.6 is 0 Å². The first-order valence-electron chi connectivity index (χ1n) is 6.21. The molecule has 2 rings (SSSR count). The number of nitriles is 1. The summed E-state index contributed by atoms with van der Waals surface area (Å²) in [5.74, 6) is -0.641. The van der Waals surface area contributed by atoms with Crippen LogP contribution in [-0.2, 0) is 4.79 Å². The van der Waals surface area contributed by atoms with Crippen LogP contribution in [0.25, 0.3) is 6.08 Å². The molecule has 0 unspecified atom stereocenters. The zero-order chi connectivity index (χ0) is 13.9. The standard InChI is InChI=1S/C15H15FN2O/c1-18(15(11-17)9-4-10-15)14(19)8-7-12-5-2-3-6-13(12)16/h2-3,5-8H,4,9-10H2,1H3/b8-7-. The maximum Gasteiger partial charge on any atom is 0.247 e. The second-order valence-electron chi connectivity index (χ2n) is 4.75. The van der Waals surface area contributed by atoms with E-state index in [4.69, 9.17) is 5.26 Å². The van der Waals surface area contributed by atoms with Crippen molar-refractivity contribution in [3.05, 3.63) is 41.7 Å². The van der Waals surface area contributed by atoms with E-state index in [1.165, 1.54) is 23.1 Å². The number of amides is 1. The minimum absolute atomic E-state index is 0.274. The largest absolute Gasteiger partial charge is 0.323 e. The number of rotatable bonds is 3. The number of benzene rings is 1. The van der Waals surface area contributed by atoms with Crippen LogP contribution < -0.4 is 0 Å². The lowest BCUT2D eigenvalue weighted by Gasteiger charge is -2.42. The van der Waals surface area contributed by atoms with Gasteiger partial charge in [0.1, 0.15) is 11.4 Å². The van der Waals surface area contributed by atoms with Crippen LogP contribution in [0.4, 0.5) is 4.39 Å². The van der Waals surface area contributed by atoms with Gasteiger partial charge < -0.3 is 4.90 Å². The summed E-state index contributed by atoms with van der Waals surface area (Å²) in [4.78, 5) is 13.4. The molecule has 1 aromatic carbocycles. The van der Waals surface area contributed by atoms with Gasteiger partial charge in [0, 0.05) is 18.7 Å². The first kappa shape index (κ1) is 13.3. The summed E-state index contributed by atoms with van der Waals surface area (Å²) >= 11 is 0. The van der Waals surface area contributed by atoms with Crippen LogP contribution in [-0.4, -0.2) is 23.4 Å². The first-order chi connectivity index (χ1) is 9.09. The molecule has 1 aromatic rings. The Morgan fingerprint density at radius 2 is 2.16 bits per heavy atom. The Hall–Kier alpha value is -2.15. The lowest BCUT2D eigenvalue weighted by molar-refractivity contribution is -0.130. The number of carbonyl (C=O) groups excluding carboxylic acids is 1. The van der Waals surface area contributed by atoms with E-state index in [0.717, 1.165) is 6.42 Å². The van der Waals surface area contributed by atoms with E-state index < -0.39 is 5.54 Å². The predicted molar refractivity (Wildman–Crippen MR) is 70.4 cm³/mol. The van der Waals surface area contributed by atoms with Gasteiger partial charge in [-0.3, -0.25) is 4.79 Å². The number of nitrogens with zero attached hydrogens (tertiary/aromatic N) is 2. The predicted octanol–water partition coefficient (Wildman–Crippen LogP) is 2.74. The third-order valence-corrected chi connectivity index (χ3v) is 3.67. The van der Waals surface area contributed by atoms with Crippen LogP contribution in [0.5, 0.6) is 0 Å². The average Bonchev–Trinajstić information content (AvgIpc) is 2.36. The highest BCUT2D eigenvalue weighted by molar-refractivity contribution is 5.92. The van der Waals surface area contributed by atoms with Crippen LogP contribution in [0.2, 0.25) is 0 Å². The fourth-order valence-corrected chi connectivity index (χ4v) is 2.13. The Bertz CT molecular complexity index is 556. The van der Waals surface area contributed by atoms with E-state index in [0.29, 0.717) is 18.4 Å². The van der Waals surface area contributed by atoms with Crippen molar-refractivity contribution in [3.8, 4) is 6.07 Å². The SMILES string of the molecule is CN(C(=O)/C=C\c1ccccc1F)C1(C#N)CCC1. The highest BCUT2D eigenvalue weighted by Crippen LogP contribution is 2.36. The summed E-state index contributed by atoms with van der Waals surface area (Å²) < 4.78 is 13.4. The molecule has 1 amide bonds. The molecule has 1 saturated carbocycles. The van der Waals surface area contributed by atoms with Crippen LogP contribution in [0.3, 0.4) is 0 Å². The molecule has 0 saturated heterocycles. The van der Waals surface area contributed by atoms with Crippen molar-refractivity contribution >= 4 is 12.0 Å². The Kier molecular flexibility index (Phi) is 3.66. The normalized spacial score (nSPS) is 16.7. The molecular weight excluding hydrogens is 243 g/mol. The molecule has 0 bridgehead atoms. The number of hydrogen-bond acceptors (Lipinski definition) is 2. The van der Waals surface area contributed by atoms with Crippen molar-refractivity contribution in [2.45, 2.75) is 24.8 Å². The van der Waals surface area contributed by atoms with E-state index in [-0.39, 0.29) is 11.7 Å². The molecule has 0 heterocycles. The highest BCUT2D eigenvalue weighted by atomic mass is 19.1. The van der Waals surface area contributed by atoms with Gasteiger partial charge in [0.15, 0.2) is 0 Å². The lowest BCUT2D eigenvalue weighted by Crippen LogP contribution is -2.52. The molecule has 3 nitrogen and oxygen atoms in total. The zero-order valence-electron chi connectivity index (χ0n) is 10.8. The lowest BCUT2D eigenvalue weighted by atomic mass is 9.76. The molecule has 4 heteroatoms. The van der Waals surface area contributed by atoms with E-state index in [2.05, 4.69) is 6.07 Å². The van der Waals surface area contributed by atoms with Gasteiger partial charge in [0.05, 0.1) is 6.07 Å². The minimum Gasteiger partial charge on any atom is -0.323 e. The van der Waals surface area contributed by atoms with Crippen LogP contribution in [0, 0.1) is 17.1 Å². The van der Waals surface area contributed by atoms with Gasteiger partial charge in [-0.15, -0.1) is 0 Å². The van der Waals surface area contributed by atoms with Gasteiger partial charge in [-0.05, 0) is 31.4 Å². The number of likely N-dealkylation sites (N-methyl/N-ethyl adjacent to an activating group) is 1.